The first kappa shape index (κ1) is 17.0. The fraction of sp³-hybridized carbons (Fsp3) is 0.143. The van der Waals surface area contributed by atoms with Crippen molar-refractivity contribution in [3.05, 3.63) is 90.0 Å². The highest BCUT2D eigenvalue weighted by atomic mass is 19.1. The van der Waals surface area contributed by atoms with Gasteiger partial charge in [0.05, 0.1) is 12.6 Å². The van der Waals surface area contributed by atoms with Gasteiger partial charge in [0, 0.05) is 23.6 Å². The van der Waals surface area contributed by atoms with Gasteiger partial charge >= 0.3 is 6.03 Å². The van der Waals surface area contributed by atoms with Crippen LogP contribution < -0.4 is 15.0 Å². The van der Waals surface area contributed by atoms with E-state index in [-0.39, 0.29) is 17.9 Å². The molecule has 2 aromatic carbocycles. The predicted molar refractivity (Wildman–Crippen MR) is 100 cm³/mol. The van der Waals surface area contributed by atoms with Crippen LogP contribution in [0.15, 0.2) is 73.1 Å². The van der Waals surface area contributed by atoms with Crippen molar-refractivity contribution in [1.29, 1.82) is 0 Å². The largest absolute Gasteiger partial charge is 0.491 e. The average molecular weight is 363 g/mol. The summed E-state index contributed by atoms with van der Waals surface area (Å²) in [5, 5.41) is 3.02. The van der Waals surface area contributed by atoms with Crippen molar-refractivity contribution in [3.8, 4) is 5.75 Å². The third-order valence-electron chi connectivity index (χ3n) is 4.44. The summed E-state index contributed by atoms with van der Waals surface area (Å²) in [6.45, 7) is 0.704. The van der Waals surface area contributed by atoms with E-state index >= 15 is 0 Å². The van der Waals surface area contributed by atoms with Crippen LogP contribution in [0.25, 0.3) is 0 Å². The minimum atomic E-state index is -0.349. The highest BCUT2D eigenvalue weighted by Crippen LogP contribution is 2.32. The third-order valence-corrected chi connectivity index (χ3v) is 4.44. The summed E-state index contributed by atoms with van der Waals surface area (Å²) in [7, 11) is 0. The normalized spacial score (nSPS) is 14.9. The Balaban J connectivity index is 1.58. The molecule has 0 unspecified atom stereocenters. The smallest absolute Gasteiger partial charge is 0.322 e. The second-order valence-electron chi connectivity index (χ2n) is 6.27. The average Bonchev–Trinajstić information content (AvgIpc) is 3.11. The Morgan fingerprint density at radius 1 is 1.15 bits per heavy atom. The van der Waals surface area contributed by atoms with Gasteiger partial charge in [-0.15, -0.1) is 0 Å². The summed E-state index contributed by atoms with van der Waals surface area (Å²) >= 11 is 0. The first-order valence-electron chi connectivity index (χ1n) is 8.65. The molecule has 1 N–H and O–H groups in total. The number of hydrogen-bond acceptors (Lipinski definition) is 3. The zero-order chi connectivity index (χ0) is 18.6. The molecule has 4 rings (SSSR count). The number of para-hydroxylation sites is 1. The SMILES string of the molecule is O=C(N[C@H]1COc2ccccc21)N(Cc1cccnc1)c1ccc(F)cc1. The number of benzene rings is 2. The van der Waals surface area contributed by atoms with Gasteiger partial charge in [-0.2, -0.15) is 0 Å². The van der Waals surface area contributed by atoms with Gasteiger partial charge in [-0.3, -0.25) is 9.88 Å². The quantitative estimate of drug-likeness (QED) is 0.760. The monoisotopic (exact) mass is 363 g/mol. The number of carbonyl (C=O) groups is 1. The van der Waals surface area contributed by atoms with Crippen molar-refractivity contribution >= 4 is 11.7 Å². The minimum absolute atomic E-state index is 0.231. The molecule has 0 fully saturated rings. The van der Waals surface area contributed by atoms with Gasteiger partial charge in [0.2, 0.25) is 0 Å². The summed E-state index contributed by atoms with van der Waals surface area (Å²) in [4.78, 5) is 18.7. The second-order valence-corrected chi connectivity index (χ2v) is 6.27. The number of hydrogen-bond donors (Lipinski definition) is 1. The van der Waals surface area contributed by atoms with Gasteiger partial charge in [0.15, 0.2) is 0 Å². The van der Waals surface area contributed by atoms with Crippen LogP contribution in [0.5, 0.6) is 5.75 Å². The number of rotatable bonds is 4. The number of carbonyl (C=O) groups excluding carboxylic acids is 1. The summed E-state index contributed by atoms with van der Waals surface area (Å²) in [5.74, 6) is 0.432. The Morgan fingerprint density at radius 3 is 2.74 bits per heavy atom. The fourth-order valence-corrected chi connectivity index (χ4v) is 3.08. The zero-order valence-electron chi connectivity index (χ0n) is 14.5. The van der Waals surface area contributed by atoms with Gasteiger partial charge in [-0.25, -0.2) is 9.18 Å². The molecule has 0 saturated carbocycles. The third kappa shape index (κ3) is 3.74. The standard InChI is InChI=1S/C21H18FN3O2/c22-16-7-9-17(10-8-16)25(13-15-4-3-11-23-12-15)21(26)24-19-14-27-20-6-2-1-5-18(19)20/h1-12,19H,13-14H2,(H,24,26)/t19-/m0/s1. The highest BCUT2D eigenvalue weighted by molar-refractivity contribution is 5.92. The number of nitrogens with one attached hydrogen (secondary N) is 1. The van der Waals surface area contributed by atoms with E-state index in [1.165, 1.54) is 12.1 Å². The molecule has 3 aromatic rings. The van der Waals surface area contributed by atoms with Crippen LogP contribution in [0.2, 0.25) is 0 Å². The van der Waals surface area contributed by atoms with E-state index < -0.39 is 0 Å². The maximum absolute atomic E-state index is 13.3. The van der Waals surface area contributed by atoms with Crippen LogP contribution in [0.3, 0.4) is 0 Å². The molecule has 1 aromatic heterocycles. The van der Waals surface area contributed by atoms with E-state index in [4.69, 9.17) is 4.74 Å². The Hall–Kier alpha value is -3.41. The van der Waals surface area contributed by atoms with E-state index in [0.717, 1.165) is 16.9 Å². The van der Waals surface area contributed by atoms with E-state index in [0.29, 0.717) is 18.8 Å². The molecule has 1 aliphatic rings. The molecule has 136 valence electrons. The molecule has 27 heavy (non-hydrogen) atoms. The van der Waals surface area contributed by atoms with Crippen LogP contribution >= 0.6 is 0 Å². The fourth-order valence-electron chi connectivity index (χ4n) is 3.08. The molecular weight excluding hydrogens is 345 g/mol. The molecule has 0 radical (unpaired) electrons. The van der Waals surface area contributed by atoms with E-state index in [1.807, 2.05) is 36.4 Å². The highest BCUT2D eigenvalue weighted by Gasteiger charge is 2.27. The Bertz CT molecular complexity index is 932. The van der Waals surface area contributed by atoms with E-state index in [9.17, 15) is 9.18 Å². The zero-order valence-corrected chi connectivity index (χ0v) is 14.5. The van der Waals surface area contributed by atoms with Gasteiger partial charge < -0.3 is 10.1 Å². The number of anilines is 1. The lowest BCUT2D eigenvalue weighted by Crippen LogP contribution is -2.42. The molecule has 2 heterocycles. The minimum Gasteiger partial charge on any atom is -0.491 e. The Kier molecular flexibility index (Phi) is 4.70. The van der Waals surface area contributed by atoms with Gasteiger partial charge in [0.1, 0.15) is 18.2 Å². The number of halogens is 1. The number of pyridine rings is 1. The molecular formula is C21H18FN3O2. The van der Waals surface area contributed by atoms with Gasteiger partial charge in [-0.05, 0) is 42.0 Å². The number of urea groups is 1. The van der Waals surface area contributed by atoms with Crippen molar-refractivity contribution in [2.75, 3.05) is 11.5 Å². The van der Waals surface area contributed by atoms with Crippen molar-refractivity contribution in [2.24, 2.45) is 0 Å². The van der Waals surface area contributed by atoms with Gasteiger partial charge in [-0.1, -0.05) is 24.3 Å². The van der Waals surface area contributed by atoms with Crippen LogP contribution in [-0.2, 0) is 6.54 Å². The maximum atomic E-state index is 13.3. The predicted octanol–water partition coefficient (Wildman–Crippen LogP) is 4.07. The molecule has 5 nitrogen and oxygen atoms in total. The Morgan fingerprint density at radius 2 is 1.96 bits per heavy atom. The number of amides is 2. The number of nitrogens with zero attached hydrogens (tertiary/aromatic N) is 2. The van der Waals surface area contributed by atoms with Crippen molar-refractivity contribution in [1.82, 2.24) is 10.3 Å². The van der Waals surface area contributed by atoms with Crippen molar-refractivity contribution in [2.45, 2.75) is 12.6 Å². The lowest BCUT2D eigenvalue weighted by Gasteiger charge is -2.25. The topological polar surface area (TPSA) is 54.5 Å². The molecule has 1 atom stereocenters. The van der Waals surface area contributed by atoms with E-state index in [2.05, 4.69) is 10.3 Å². The van der Waals surface area contributed by atoms with E-state index in [1.54, 1.807) is 29.4 Å². The summed E-state index contributed by atoms with van der Waals surface area (Å²) in [6.07, 6.45) is 3.39. The number of aromatic nitrogens is 1. The number of ether oxygens (including phenoxy) is 1. The lowest BCUT2D eigenvalue weighted by molar-refractivity contribution is 0.237. The molecule has 6 heteroatoms. The van der Waals surface area contributed by atoms with Gasteiger partial charge in [0.25, 0.3) is 0 Å². The summed E-state index contributed by atoms with van der Waals surface area (Å²) in [5.41, 5.74) is 2.43. The maximum Gasteiger partial charge on any atom is 0.322 e. The van der Waals surface area contributed by atoms with Crippen LogP contribution in [0.4, 0.5) is 14.9 Å². The summed E-state index contributed by atoms with van der Waals surface area (Å²) < 4.78 is 19.0. The first-order chi connectivity index (χ1) is 13.2. The van der Waals surface area contributed by atoms with Crippen molar-refractivity contribution < 1.29 is 13.9 Å². The molecule has 0 bridgehead atoms. The second kappa shape index (κ2) is 7.45. The molecule has 0 saturated heterocycles. The Labute approximate surface area is 156 Å². The molecule has 2 amide bonds. The number of fused-ring (bicyclic) bond motifs is 1. The lowest BCUT2D eigenvalue weighted by atomic mass is 10.1. The van der Waals surface area contributed by atoms with Crippen LogP contribution in [0.1, 0.15) is 17.2 Å². The molecule has 1 aliphatic heterocycles. The molecule has 0 spiro atoms. The first-order valence-corrected chi connectivity index (χ1v) is 8.65. The van der Waals surface area contributed by atoms with Crippen LogP contribution in [0, 0.1) is 5.82 Å². The molecule has 0 aliphatic carbocycles. The van der Waals surface area contributed by atoms with Crippen LogP contribution in [-0.4, -0.2) is 17.6 Å². The summed E-state index contributed by atoms with van der Waals surface area (Å²) in [6, 6.07) is 16.7. The van der Waals surface area contributed by atoms with Crippen molar-refractivity contribution in [3.63, 3.8) is 0 Å².